The molecule has 1 aliphatic heterocycles. The quantitative estimate of drug-likeness (QED) is 0.154. The summed E-state index contributed by atoms with van der Waals surface area (Å²) in [6.45, 7) is 36.7. The molecule has 1 atom stereocenters. The highest BCUT2D eigenvalue weighted by molar-refractivity contribution is 8.81. The summed E-state index contributed by atoms with van der Waals surface area (Å²) in [4.78, 5) is 1.04. The van der Waals surface area contributed by atoms with Crippen molar-refractivity contribution in [2.24, 2.45) is 5.10 Å². The van der Waals surface area contributed by atoms with Crippen LogP contribution < -0.4 is 10.0 Å². The largest absolute Gasteiger partial charge is 0.497 e. The van der Waals surface area contributed by atoms with E-state index in [1.54, 1.807) is 7.11 Å². The summed E-state index contributed by atoms with van der Waals surface area (Å²) in [5, 5.41) is 4.38. The maximum absolute atomic E-state index is 7.09. The molecule has 2 rings (SSSR count). The van der Waals surface area contributed by atoms with Gasteiger partial charge in [-0.25, -0.2) is 13.9 Å². The third-order valence-corrected chi connectivity index (χ3v) is 26.1. The minimum Gasteiger partial charge on any atom is -0.497 e. The number of hydrazone groups is 1. The predicted octanol–water partition coefficient (Wildman–Crippen LogP) is 9.96. The molecule has 1 aromatic rings. The van der Waals surface area contributed by atoms with Crippen molar-refractivity contribution < 1.29 is 4.74 Å². The van der Waals surface area contributed by atoms with Gasteiger partial charge in [-0.15, -0.1) is 0 Å². The highest BCUT2D eigenvalue weighted by atomic mass is 32.9. The molecule has 1 aliphatic rings. The van der Waals surface area contributed by atoms with Gasteiger partial charge in [0, 0.05) is 53.6 Å². The van der Waals surface area contributed by atoms with Crippen molar-refractivity contribution >= 4 is 65.2 Å². The summed E-state index contributed by atoms with van der Waals surface area (Å²) in [5.41, 5.74) is 0. The van der Waals surface area contributed by atoms with Crippen LogP contribution in [0.25, 0.3) is 0 Å². The average Bonchev–Trinajstić information content (AvgIpc) is 3.25. The first-order valence-corrected chi connectivity index (χ1v) is 24.6. The van der Waals surface area contributed by atoms with Gasteiger partial charge >= 0.3 is 0 Å². The lowest BCUT2D eigenvalue weighted by Crippen LogP contribution is -2.46. The molecule has 0 saturated carbocycles. The van der Waals surface area contributed by atoms with Crippen molar-refractivity contribution in [1.82, 2.24) is 23.2 Å². The van der Waals surface area contributed by atoms with E-state index in [9.17, 15) is 0 Å². The number of methoxy groups -OCH3 is 1. The Hall–Kier alpha value is 0.410. The average molecular weight is 737 g/mol. The fraction of sp³-hybridized carbons (Fsp3) is 0.781. The van der Waals surface area contributed by atoms with Crippen molar-refractivity contribution in [3.63, 3.8) is 0 Å². The Balaban J connectivity index is 3.14. The zero-order chi connectivity index (χ0) is 34.8. The molecule has 0 fully saturated rings. The number of ether oxygens (including phenoxy) is 1. The van der Waals surface area contributed by atoms with E-state index >= 15 is 0 Å². The van der Waals surface area contributed by atoms with Crippen LogP contribution in [-0.4, -0.2) is 83.5 Å². The second-order valence-corrected chi connectivity index (χ2v) is 27.4. The smallest absolute Gasteiger partial charge is 0.172 e. The van der Waals surface area contributed by atoms with Crippen LogP contribution in [0.15, 0.2) is 29.4 Å². The van der Waals surface area contributed by atoms with E-state index in [-0.39, 0.29) is 24.2 Å². The van der Waals surface area contributed by atoms with Crippen LogP contribution in [0.1, 0.15) is 111 Å². The van der Waals surface area contributed by atoms with Crippen LogP contribution in [0.5, 0.6) is 5.75 Å². The minimum atomic E-state index is -2.58. The number of benzene rings is 1. The molecule has 1 unspecified atom stereocenters. The Morgan fingerprint density at radius 2 is 1.04 bits per heavy atom. The fourth-order valence-electron chi connectivity index (χ4n) is 6.57. The normalized spacial score (nSPS) is 18.5. The Morgan fingerprint density at radius 3 is 1.33 bits per heavy atom. The second-order valence-electron chi connectivity index (χ2n) is 14.0. The van der Waals surface area contributed by atoms with E-state index in [0.29, 0.717) is 24.2 Å². The number of nitrogens with zero attached hydrogens (tertiary/aromatic N) is 6. The van der Waals surface area contributed by atoms with Gasteiger partial charge in [0.2, 0.25) is 0 Å². The monoisotopic (exact) mass is 736 g/mol. The van der Waals surface area contributed by atoms with Crippen molar-refractivity contribution in [2.75, 3.05) is 7.11 Å². The van der Waals surface area contributed by atoms with E-state index in [0.717, 1.165) is 15.8 Å². The zero-order valence-corrected chi connectivity index (χ0v) is 36.2. The Labute approximate surface area is 293 Å². The molecular formula is C32H63N6OP3S3. The van der Waals surface area contributed by atoms with Gasteiger partial charge in [0.15, 0.2) is 13.2 Å². The van der Waals surface area contributed by atoms with Gasteiger partial charge in [-0.2, -0.15) is 5.10 Å². The van der Waals surface area contributed by atoms with Crippen LogP contribution in [-0.2, 0) is 23.6 Å². The van der Waals surface area contributed by atoms with Crippen molar-refractivity contribution in [3.8, 4) is 5.75 Å². The highest BCUT2D eigenvalue weighted by Gasteiger charge is 2.53. The fourth-order valence-corrected chi connectivity index (χ4v) is 26.9. The summed E-state index contributed by atoms with van der Waals surface area (Å²) in [6, 6.07) is 10.6. The Kier molecular flexibility index (Phi) is 15.6. The Bertz CT molecular complexity index is 1150. The third kappa shape index (κ3) is 8.77. The molecule has 0 radical (unpaired) electrons. The maximum atomic E-state index is 7.09. The molecule has 0 N–H and O–H groups in total. The van der Waals surface area contributed by atoms with E-state index in [1.165, 1.54) is 0 Å². The molecule has 13 heteroatoms. The SMILES string of the molecule is COc1ccc(P2(=S)SC(P(=S)(N(C(C)C)C(C)C)N(C(C)C)C(C)C)=NN2P(N(C(C)C)C(C)C)N(C(C)C)C(C)C)cc1. The zero-order valence-electron chi connectivity index (χ0n) is 31.1. The predicted molar refractivity (Wildman–Crippen MR) is 213 cm³/mol. The summed E-state index contributed by atoms with van der Waals surface area (Å²) >= 11 is 15.9. The molecule has 1 heterocycles. The number of hydrogen-bond donors (Lipinski definition) is 0. The molecule has 1 aromatic carbocycles. The van der Waals surface area contributed by atoms with Gasteiger partial charge in [0.05, 0.1) is 7.11 Å². The van der Waals surface area contributed by atoms with Crippen LogP contribution in [0.2, 0.25) is 0 Å². The Morgan fingerprint density at radius 1 is 0.689 bits per heavy atom. The molecule has 45 heavy (non-hydrogen) atoms. The first-order valence-electron chi connectivity index (χ1n) is 16.6. The van der Waals surface area contributed by atoms with Crippen molar-refractivity contribution in [1.29, 1.82) is 0 Å². The molecular weight excluding hydrogens is 674 g/mol. The highest BCUT2D eigenvalue weighted by Crippen LogP contribution is 2.80. The molecule has 260 valence electrons. The molecule has 0 aromatic heterocycles. The van der Waals surface area contributed by atoms with Crippen LogP contribution in [0, 0.1) is 0 Å². The molecule has 0 aliphatic carbocycles. The van der Waals surface area contributed by atoms with Gasteiger partial charge in [-0.05, 0) is 146 Å². The molecule has 7 nitrogen and oxygen atoms in total. The summed E-state index contributed by atoms with van der Waals surface area (Å²) in [5.74, 6) is 0.832. The number of hydrogen-bond acceptors (Lipinski definition) is 7. The van der Waals surface area contributed by atoms with Crippen LogP contribution in [0.3, 0.4) is 0 Å². The lowest BCUT2D eigenvalue weighted by atomic mass is 10.3. The van der Waals surface area contributed by atoms with Gasteiger partial charge in [0.25, 0.3) is 0 Å². The van der Waals surface area contributed by atoms with Crippen molar-refractivity contribution in [3.05, 3.63) is 24.3 Å². The molecule has 0 spiro atoms. The minimum absolute atomic E-state index is 0.249. The second kappa shape index (κ2) is 16.9. The lowest BCUT2D eigenvalue weighted by Gasteiger charge is -2.50. The van der Waals surface area contributed by atoms with E-state index in [1.807, 2.05) is 23.5 Å². The van der Waals surface area contributed by atoms with E-state index in [2.05, 4.69) is 146 Å². The number of rotatable bonds is 16. The maximum Gasteiger partial charge on any atom is 0.172 e. The molecule has 0 amide bonds. The van der Waals surface area contributed by atoms with E-state index in [4.69, 9.17) is 33.5 Å². The van der Waals surface area contributed by atoms with Gasteiger partial charge in [0.1, 0.15) is 17.5 Å². The standard InChI is InChI=1S/C32H63N6OP3S3/c1-22(2)34(23(3)4)40(35(24(5)6)25(7)8)38-33-32(45-42(38,44)31-20-18-30(39-17)19-21-31)41(43,36(26(9)10)27(11)12)37(28(13)14)29(15)16/h18-29H,1-17H3. The summed E-state index contributed by atoms with van der Waals surface area (Å²) in [6.07, 6.45) is -2.58. The molecule has 0 saturated heterocycles. The van der Waals surface area contributed by atoms with Gasteiger partial charge in [-0.1, -0.05) is 23.6 Å². The first kappa shape index (κ1) is 41.6. The van der Waals surface area contributed by atoms with Crippen LogP contribution in [0.4, 0.5) is 0 Å². The van der Waals surface area contributed by atoms with Crippen LogP contribution >= 0.6 is 31.5 Å². The van der Waals surface area contributed by atoms with Gasteiger partial charge in [-0.3, -0.25) is 9.34 Å². The summed E-state index contributed by atoms with van der Waals surface area (Å²) in [7, 11) is 0.611. The third-order valence-electron chi connectivity index (χ3n) is 7.70. The van der Waals surface area contributed by atoms with Gasteiger partial charge < -0.3 is 4.74 Å². The topological polar surface area (TPSA) is 37.8 Å². The lowest BCUT2D eigenvalue weighted by molar-refractivity contribution is 0.241. The van der Waals surface area contributed by atoms with E-state index < -0.39 is 20.1 Å². The molecule has 0 bridgehead atoms. The first-order chi connectivity index (χ1) is 20.7. The van der Waals surface area contributed by atoms with Crippen molar-refractivity contribution in [2.45, 2.75) is 159 Å². The summed E-state index contributed by atoms with van der Waals surface area (Å²) < 4.78 is 18.5.